The average molecular weight is 319 g/mol. The lowest BCUT2D eigenvalue weighted by Crippen LogP contribution is -2.40. The Hall–Kier alpha value is -3.02. The second kappa shape index (κ2) is 5.56. The largest absolute Gasteiger partial charge is 0.268 e. The molecular formula is C19H13NO4. The minimum Gasteiger partial charge on any atom is -0.268 e. The molecular weight excluding hydrogens is 306 g/mol. The molecule has 4 rings (SSSR count). The number of nitrogens with zero attached hydrogens (tertiary/aromatic N) is 1. The molecule has 0 aliphatic carbocycles. The Balaban J connectivity index is 1.89. The molecule has 0 saturated heterocycles. The van der Waals surface area contributed by atoms with Gasteiger partial charge in [-0.05, 0) is 35.2 Å². The lowest BCUT2D eigenvalue weighted by Gasteiger charge is -2.27. The number of benzene rings is 3. The van der Waals surface area contributed by atoms with E-state index in [1.54, 1.807) is 36.4 Å². The molecule has 0 atom stereocenters. The van der Waals surface area contributed by atoms with E-state index in [1.165, 1.54) is 0 Å². The molecule has 0 unspecified atom stereocenters. The van der Waals surface area contributed by atoms with Gasteiger partial charge in [-0.2, -0.15) is 0 Å². The van der Waals surface area contributed by atoms with Crippen LogP contribution in [0.2, 0.25) is 0 Å². The number of anilines is 1. The summed E-state index contributed by atoms with van der Waals surface area (Å²) in [6.07, 6.45) is 0. The van der Waals surface area contributed by atoms with E-state index in [4.69, 9.17) is 5.26 Å². The molecule has 0 saturated carbocycles. The van der Waals surface area contributed by atoms with E-state index in [9.17, 15) is 9.59 Å². The third-order valence-corrected chi connectivity index (χ3v) is 4.17. The molecule has 2 amide bonds. The highest BCUT2D eigenvalue weighted by Gasteiger charge is 2.33. The minimum absolute atomic E-state index is 0.0176. The zero-order valence-electron chi connectivity index (χ0n) is 12.6. The van der Waals surface area contributed by atoms with Gasteiger partial charge in [-0.25, -0.2) is 9.79 Å². The zero-order chi connectivity index (χ0) is 16.7. The third-order valence-electron chi connectivity index (χ3n) is 4.17. The van der Waals surface area contributed by atoms with Crippen molar-refractivity contribution in [1.29, 1.82) is 0 Å². The second-order valence-corrected chi connectivity index (χ2v) is 5.60. The first kappa shape index (κ1) is 14.6. The van der Waals surface area contributed by atoms with Gasteiger partial charge in [-0.3, -0.25) is 14.8 Å². The van der Waals surface area contributed by atoms with Gasteiger partial charge < -0.3 is 0 Å². The molecule has 5 heteroatoms. The van der Waals surface area contributed by atoms with Crippen LogP contribution in [0.1, 0.15) is 26.3 Å². The van der Waals surface area contributed by atoms with Crippen LogP contribution in [-0.2, 0) is 11.5 Å². The fourth-order valence-corrected chi connectivity index (χ4v) is 3.12. The van der Waals surface area contributed by atoms with Crippen molar-refractivity contribution in [2.45, 2.75) is 6.61 Å². The van der Waals surface area contributed by atoms with Gasteiger partial charge in [0.15, 0.2) is 0 Å². The Morgan fingerprint density at radius 3 is 2.12 bits per heavy atom. The zero-order valence-corrected chi connectivity index (χ0v) is 12.6. The van der Waals surface area contributed by atoms with Crippen molar-refractivity contribution in [3.63, 3.8) is 0 Å². The van der Waals surface area contributed by atoms with Crippen LogP contribution in [0.25, 0.3) is 10.8 Å². The molecule has 5 nitrogen and oxygen atoms in total. The van der Waals surface area contributed by atoms with E-state index in [2.05, 4.69) is 4.89 Å². The minimum atomic E-state index is -0.355. The summed E-state index contributed by atoms with van der Waals surface area (Å²) in [5.41, 5.74) is 2.12. The average Bonchev–Trinajstić information content (AvgIpc) is 2.60. The molecule has 1 heterocycles. The predicted molar refractivity (Wildman–Crippen MR) is 88.9 cm³/mol. The number of carbonyl (C=O) groups is 2. The molecule has 0 aromatic heterocycles. The number of amides is 2. The first-order valence-corrected chi connectivity index (χ1v) is 7.46. The predicted octanol–water partition coefficient (Wildman–Crippen LogP) is 3.63. The molecule has 1 aliphatic rings. The standard InChI is InChI=1S/C19H13NO4/c21-18-15-8-2-5-13-6-3-9-16(17(13)15)19(22)20(18)14-7-1-4-12(10-14)11-24-23/h1-10,23H,11H2. The Bertz CT molecular complexity index is 929. The highest BCUT2D eigenvalue weighted by atomic mass is 17.1. The van der Waals surface area contributed by atoms with Crippen LogP contribution in [0, 0.1) is 0 Å². The Labute approximate surface area is 137 Å². The molecule has 118 valence electrons. The number of hydrogen-bond acceptors (Lipinski definition) is 4. The summed E-state index contributed by atoms with van der Waals surface area (Å²) in [4.78, 5) is 31.1. The third kappa shape index (κ3) is 2.11. The fourth-order valence-electron chi connectivity index (χ4n) is 3.12. The topological polar surface area (TPSA) is 66.8 Å². The number of rotatable bonds is 3. The van der Waals surface area contributed by atoms with Gasteiger partial charge in [0.1, 0.15) is 6.61 Å². The lowest BCUT2D eigenvalue weighted by molar-refractivity contribution is -0.252. The van der Waals surface area contributed by atoms with Gasteiger partial charge in [0.05, 0.1) is 5.69 Å². The van der Waals surface area contributed by atoms with Crippen molar-refractivity contribution in [3.8, 4) is 0 Å². The van der Waals surface area contributed by atoms with E-state index in [0.29, 0.717) is 27.8 Å². The summed E-state index contributed by atoms with van der Waals surface area (Å²) in [5.74, 6) is -0.710. The highest BCUT2D eigenvalue weighted by molar-refractivity contribution is 6.35. The summed E-state index contributed by atoms with van der Waals surface area (Å²) in [7, 11) is 0. The van der Waals surface area contributed by atoms with E-state index < -0.39 is 0 Å². The SMILES string of the molecule is O=C1c2cccc3cccc(c23)C(=O)N1c1cccc(COO)c1. The monoisotopic (exact) mass is 319 g/mol. The molecule has 1 aliphatic heterocycles. The fraction of sp³-hybridized carbons (Fsp3) is 0.0526. The summed E-state index contributed by atoms with van der Waals surface area (Å²) in [5, 5.41) is 10.2. The highest BCUT2D eigenvalue weighted by Crippen LogP contribution is 2.32. The van der Waals surface area contributed by atoms with Crippen LogP contribution in [0.3, 0.4) is 0 Å². The van der Waals surface area contributed by atoms with Crippen LogP contribution in [0.5, 0.6) is 0 Å². The molecule has 3 aromatic carbocycles. The van der Waals surface area contributed by atoms with Gasteiger partial charge >= 0.3 is 0 Å². The normalized spacial score (nSPS) is 13.6. The quantitative estimate of drug-likeness (QED) is 0.455. The summed E-state index contributed by atoms with van der Waals surface area (Å²) >= 11 is 0. The van der Waals surface area contributed by atoms with E-state index in [0.717, 1.165) is 10.3 Å². The van der Waals surface area contributed by atoms with Gasteiger partial charge in [0.2, 0.25) is 0 Å². The molecule has 1 N–H and O–H groups in total. The van der Waals surface area contributed by atoms with Crippen LogP contribution < -0.4 is 4.90 Å². The molecule has 24 heavy (non-hydrogen) atoms. The second-order valence-electron chi connectivity index (χ2n) is 5.60. The molecule has 0 spiro atoms. The van der Waals surface area contributed by atoms with Crippen LogP contribution in [0.15, 0.2) is 60.7 Å². The van der Waals surface area contributed by atoms with Gasteiger partial charge in [-0.1, -0.05) is 36.4 Å². The maximum Gasteiger partial charge on any atom is 0.265 e. The number of carbonyl (C=O) groups excluding carboxylic acids is 2. The molecule has 3 aromatic rings. The van der Waals surface area contributed by atoms with Gasteiger partial charge in [-0.15, -0.1) is 0 Å². The van der Waals surface area contributed by atoms with Crippen molar-refractivity contribution in [2.24, 2.45) is 0 Å². The maximum atomic E-state index is 12.9. The molecule has 0 bridgehead atoms. The Morgan fingerprint density at radius 2 is 1.50 bits per heavy atom. The first-order valence-electron chi connectivity index (χ1n) is 7.46. The van der Waals surface area contributed by atoms with E-state index in [-0.39, 0.29) is 18.4 Å². The Kier molecular flexibility index (Phi) is 3.37. The molecule has 0 radical (unpaired) electrons. The number of imide groups is 1. The maximum absolute atomic E-state index is 12.9. The summed E-state index contributed by atoms with van der Waals surface area (Å²) in [6, 6.07) is 17.6. The van der Waals surface area contributed by atoms with Gasteiger partial charge in [0.25, 0.3) is 11.8 Å². The smallest absolute Gasteiger partial charge is 0.265 e. The van der Waals surface area contributed by atoms with Crippen LogP contribution in [-0.4, -0.2) is 17.1 Å². The lowest BCUT2D eigenvalue weighted by atomic mass is 9.93. The van der Waals surface area contributed by atoms with Crippen molar-refractivity contribution in [3.05, 3.63) is 77.4 Å². The first-order chi connectivity index (χ1) is 11.7. The van der Waals surface area contributed by atoms with E-state index >= 15 is 0 Å². The Morgan fingerprint density at radius 1 is 0.875 bits per heavy atom. The van der Waals surface area contributed by atoms with Crippen molar-refractivity contribution < 1.29 is 19.7 Å². The summed E-state index contributed by atoms with van der Waals surface area (Å²) in [6.45, 7) is -0.0176. The van der Waals surface area contributed by atoms with Gasteiger partial charge in [0, 0.05) is 16.5 Å². The molecule has 0 fully saturated rings. The van der Waals surface area contributed by atoms with Crippen LogP contribution in [0.4, 0.5) is 5.69 Å². The number of hydrogen-bond donors (Lipinski definition) is 1. The van der Waals surface area contributed by atoms with Crippen molar-refractivity contribution >= 4 is 28.3 Å². The van der Waals surface area contributed by atoms with Crippen molar-refractivity contribution in [1.82, 2.24) is 0 Å². The van der Waals surface area contributed by atoms with Crippen molar-refractivity contribution in [2.75, 3.05) is 4.90 Å². The van der Waals surface area contributed by atoms with Crippen LogP contribution >= 0.6 is 0 Å². The summed E-state index contributed by atoms with van der Waals surface area (Å²) < 4.78 is 0. The van der Waals surface area contributed by atoms with E-state index in [1.807, 2.05) is 24.3 Å².